The molecule has 0 saturated heterocycles. The van der Waals surface area contributed by atoms with Gasteiger partial charge >= 0.3 is 0 Å². The summed E-state index contributed by atoms with van der Waals surface area (Å²) in [4.78, 5) is 11.7. The van der Waals surface area contributed by atoms with E-state index >= 15 is 0 Å². The lowest BCUT2D eigenvalue weighted by Gasteiger charge is -2.08. The summed E-state index contributed by atoms with van der Waals surface area (Å²) < 4.78 is 10.5. The number of aromatic amines is 1. The van der Waals surface area contributed by atoms with E-state index in [9.17, 15) is 4.79 Å². The number of nitrogen functional groups attached to an aromatic ring is 1. The van der Waals surface area contributed by atoms with E-state index in [0.29, 0.717) is 24.5 Å². The second kappa shape index (κ2) is 6.46. The van der Waals surface area contributed by atoms with Gasteiger partial charge in [0.25, 0.3) is 5.91 Å². The average Bonchev–Trinajstić information content (AvgIpc) is 2.90. The molecule has 0 fully saturated rings. The second-order valence-electron chi connectivity index (χ2n) is 3.98. The van der Waals surface area contributed by atoms with Crippen molar-refractivity contribution in [1.29, 1.82) is 0 Å². The molecule has 7 nitrogen and oxygen atoms in total. The molecule has 20 heavy (non-hydrogen) atoms. The Morgan fingerprint density at radius 2 is 2.05 bits per heavy atom. The van der Waals surface area contributed by atoms with Gasteiger partial charge in [0.1, 0.15) is 29.5 Å². The van der Waals surface area contributed by atoms with Gasteiger partial charge in [0.2, 0.25) is 0 Å². The molecule has 0 unspecified atom stereocenters. The van der Waals surface area contributed by atoms with Gasteiger partial charge in [-0.25, -0.2) is 0 Å². The minimum absolute atomic E-state index is 0.249. The molecule has 0 aliphatic heterocycles. The van der Waals surface area contributed by atoms with Crippen molar-refractivity contribution >= 4 is 11.7 Å². The standard InChI is InChI=1S/C13H16N4O3/c1-19-9-2-4-10(5-3-9)20-7-6-15-13(18)11-8-16-17-12(11)14/h2-5,8H,6-7H2,1H3,(H,15,18)(H3,14,16,17). The number of ether oxygens (including phenoxy) is 2. The molecule has 0 spiro atoms. The zero-order valence-corrected chi connectivity index (χ0v) is 11.1. The van der Waals surface area contributed by atoms with Crippen LogP contribution in [0, 0.1) is 0 Å². The highest BCUT2D eigenvalue weighted by molar-refractivity contribution is 5.98. The highest BCUT2D eigenvalue weighted by Gasteiger charge is 2.10. The topological polar surface area (TPSA) is 102 Å². The second-order valence-corrected chi connectivity index (χ2v) is 3.98. The Morgan fingerprint density at radius 1 is 1.35 bits per heavy atom. The van der Waals surface area contributed by atoms with E-state index in [0.717, 1.165) is 5.75 Å². The Kier molecular flexibility index (Phi) is 4.43. The van der Waals surface area contributed by atoms with Crippen LogP contribution < -0.4 is 20.5 Å². The normalized spacial score (nSPS) is 10.1. The Morgan fingerprint density at radius 3 is 2.65 bits per heavy atom. The first-order chi connectivity index (χ1) is 9.70. The number of nitrogens with zero attached hydrogens (tertiary/aromatic N) is 1. The summed E-state index contributed by atoms with van der Waals surface area (Å²) in [6, 6.07) is 7.21. The van der Waals surface area contributed by atoms with Crippen LogP contribution in [-0.4, -0.2) is 36.4 Å². The summed E-state index contributed by atoms with van der Waals surface area (Å²) in [7, 11) is 1.60. The number of aromatic nitrogens is 2. The molecule has 1 aromatic carbocycles. The van der Waals surface area contributed by atoms with Crippen molar-refractivity contribution in [2.75, 3.05) is 26.0 Å². The molecule has 0 aliphatic carbocycles. The predicted molar refractivity (Wildman–Crippen MR) is 73.8 cm³/mol. The summed E-state index contributed by atoms with van der Waals surface area (Å²) in [6.45, 7) is 0.727. The molecule has 0 atom stereocenters. The van der Waals surface area contributed by atoms with E-state index in [-0.39, 0.29) is 11.7 Å². The lowest BCUT2D eigenvalue weighted by atomic mass is 10.3. The smallest absolute Gasteiger partial charge is 0.256 e. The van der Waals surface area contributed by atoms with E-state index in [1.54, 1.807) is 31.4 Å². The van der Waals surface area contributed by atoms with Crippen LogP contribution in [0.1, 0.15) is 10.4 Å². The van der Waals surface area contributed by atoms with Crippen LogP contribution in [0.15, 0.2) is 30.5 Å². The first-order valence-corrected chi connectivity index (χ1v) is 6.04. The van der Waals surface area contributed by atoms with Crippen molar-refractivity contribution in [1.82, 2.24) is 15.5 Å². The van der Waals surface area contributed by atoms with Crippen molar-refractivity contribution in [3.63, 3.8) is 0 Å². The van der Waals surface area contributed by atoms with Crippen LogP contribution >= 0.6 is 0 Å². The van der Waals surface area contributed by atoms with Crippen LogP contribution in [-0.2, 0) is 0 Å². The van der Waals surface area contributed by atoms with Gasteiger partial charge in [-0.3, -0.25) is 9.89 Å². The number of amides is 1. The summed E-state index contributed by atoms with van der Waals surface area (Å²) >= 11 is 0. The molecule has 2 aromatic rings. The summed E-state index contributed by atoms with van der Waals surface area (Å²) in [5.41, 5.74) is 5.87. The predicted octanol–water partition coefficient (Wildman–Crippen LogP) is 0.809. The van der Waals surface area contributed by atoms with Crippen LogP contribution in [0.3, 0.4) is 0 Å². The molecule has 1 amide bonds. The van der Waals surface area contributed by atoms with E-state index < -0.39 is 0 Å². The number of carbonyl (C=O) groups excluding carboxylic acids is 1. The highest BCUT2D eigenvalue weighted by Crippen LogP contribution is 2.16. The maximum Gasteiger partial charge on any atom is 0.256 e. The molecular formula is C13H16N4O3. The van der Waals surface area contributed by atoms with Gasteiger partial charge < -0.3 is 20.5 Å². The number of nitrogens with two attached hydrogens (primary N) is 1. The first kappa shape index (κ1) is 13.7. The van der Waals surface area contributed by atoms with E-state index in [1.165, 1.54) is 6.20 Å². The average molecular weight is 276 g/mol. The monoisotopic (exact) mass is 276 g/mol. The van der Waals surface area contributed by atoms with Crippen molar-refractivity contribution in [3.8, 4) is 11.5 Å². The van der Waals surface area contributed by atoms with Crippen LogP contribution in [0.2, 0.25) is 0 Å². The Balaban J connectivity index is 1.73. The number of benzene rings is 1. The number of hydrogen-bond donors (Lipinski definition) is 3. The number of carbonyl (C=O) groups is 1. The summed E-state index contributed by atoms with van der Waals surface area (Å²) in [6.07, 6.45) is 1.38. The summed E-state index contributed by atoms with van der Waals surface area (Å²) in [5, 5.41) is 8.87. The van der Waals surface area contributed by atoms with Gasteiger partial charge in [0, 0.05) is 0 Å². The van der Waals surface area contributed by atoms with Crippen molar-refractivity contribution in [2.24, 2.45) is 0 Å². The van der Waals surface area contributed by atoms with E-state index in [4.69, 9.17) is 15.2 Å². The Hall–Kier alpha value is -2.70. The largest absolute Gasteiger partial charge is 0.497 e. The number of anilines is 1. The zero-order valence-electron chi connectivity index (χ0n) is 11.1. The molecule has 0 bridgehead atoms. The third kappa shape index (κ3) is 3.41. The van der Waals surface area contributed by atoms with Crippen LogP contribution in [0.5, 0.6) is 11.5 Å². The van der Waals surface area contributed by atoms with Gasteiger partial charge in [0.05, 0.1) is 19.9 Å². The third-order valence-corrected chi connectivity index (χ3v) is 2.63. The highest BCUT2D eigenvalue weighted by atomic mass is 16.5. The third-order valence-electron chi connectivity index (χ3n) is 2.63. The molecular weight excluding hydrogens is 260 g/mol. The molecule has 1 aromatic heterocycles. The first-order valence-electron chi connectivity index (χ1n) is 6.04. The van der Waals surface area contributed by atoms with E-state index in [2.05, 4.69) is 15.5 Å². The van der Waals surface area contributed by atoms with Crippen molar-refractivity contribution in [2.45, 2.75) is 0 Å². The number of nitrogens with one attached hydrogen (secondary N) is 2. The zero-order chi connectivity index (χ0) is 14.4. The Bertz CT molecular complexity index is 565. The van der Waals surface area contributed by atoms with Gasteiger partial charge in [0.15, 0.2) is 0 Å². The Labute approximate surface area is 116 Å². The maximum atomic E-state index is 11.7. The fourth-order valence-corrected chi connectivity index (χ4v) is 1.58. The van der Waals surface area contributed by atoms with Gasteiger partial charge in [-0.15, -0.1) is 0 Å². The van der Waals surface area contributed by atoms with Crippen LogP contribution in [0.4, 0.5) is 5.82 Å². The van der Waals surface area contributed by atoms with Gasteiger partial charge in [-0.05, 0) is 24.3 Å². The quantitative estimate of drug-likeness (QED) is 0.677. The fraction of sp³-hybridized carbons (Fsp3) is 0.231. The lowest BCUT2D eigenvalue weighted by molar-refractivity contribution is 0.0948. The number of H-pyrrole nitrogens is 1. The molecule has 0 aliphatic rings. The molecule has 1 heterocycles. The molecule has 7 heteroatoms. The lowest BCUT2D eigenvalue weighted by Crippen LogP contribution is -2.28. The number of rotatable bonds is 6. The van der Waals surface area contributed by atoms with Gasteiger partial charge in [-0.1, -0.05) is 0 Å². The molecule has 0 saturated carbocycles. The van der Waals surface area contributed by atoms with E-state index in [1.807, 2.05) is 0 Å². The molecule has 106 valence electrons. The van der Waals surface area contributed by atoms with Crippen molar-refractivity contribution < 1.29 is 14.3 Å². The van der Waals surface area contributed by atoms with Crippen LogP contribution in [0.25, 0.3) is 0 Å². The maximum absolute atomic E-state index is 11.7. The summed E-state index contributed by atoms with van der Waals surface area (Å²) in [5.74, 6) is 1.44. The number of hydrogen-bond acceptors (Lipinski definition) is 5. The fourth-order valence-electron chi connectivity index (χ4n) is 1.58. The SMILES string of the molecule is COc1ccc(OCCNC(=O)c2cn[nH]c2N)cc1. The van der Waals surface area contributed by atoms with Gasteiger partial charge in [-0.2, -0.15) is 5.10 Å². The minimum atomic E-state index is -0.283. The minimum Gasteiger partial charge on any atom is -0.497 e. The number of methoxy groups -OCH3 is 1. The molecule has 2 rings (SSSR count). The molecule has 0 radical (unpaired) electrons. The molecule has 4 N–H and O–H groups in total. The van der Waals surface area contributed by atoms with Crippen molar-refractivity contribution in [3.05, 3.63) is 36.0 Å².